The Balaban J connectivity index is 1.16. The molecule has 44 heavy (non-hydrogen) atoms. The fraction of sp³-hybridized carbons (Fsp3) is 0.324. The smallest absolute Gasteiger partial charge is 0.335 e. The molecule has 3 aromatic carbocycles. The minimum Gasteiger partial charge on any atom is -0.478 e. The van der Waals surface area contributed by atoms with Gasteiger partial charge in [0.25, 0.3) is 5.91 Å². The van der Waals surface area contributed by atoms with Crippen molar-refractivity contribution in [2.45, 2.75) is 58.7 Å². The quantitative estimate of drug-likeness (QED) is 0.201. The molecule has 1 saturated heterocycles. The third kappa shape index (κ3) is 7.53. The average molecular weight is 591 g/mol. The lowest BCUT2D eigenvalue weighted by Gasteiger charge is -2.42. The van der Waals surface area contributed by atoms with Crippen molar-refractivity contribution in [1.82, 2.24) is 15.2 Å². The van der Waals surface area contributed by atoms with E-state index in [-0.39, 0.29) is 5.91 Å². The summed E-state index contributed by atoms with van der Waals surface area (Å²) in [6, 6.07) is 26.5. The number of aromatic carboxylic acids is 1. The number of amides is 1. The standard InChI is InChI=1S/C37H42N4O3/c1-26-23-32(30-14-18-38-19-15-30)24-27(2)35(26)36(42)39-20-13-28(3)40-21-16-34(17-22-40)41(25-29-7-5-4-6-8-29)33-11-9-31(10-12-33)37(43)44/h4-12,14-15,18-19,23-24,28,34H,13,16-17,20-22,25H2,1-3H3,(H,39,42)(H,43,44). The molecule has 2 N–H and O–H groups in total. The SMILES string of the molecule is Cc1cc(-c2ccncc2)cc(C)c1C(=O)NCCC(C)N1CCC(N(Cc2ccccc2)c2ccc(C(=O)O)cc2)CC1. The number of benzene rings is 3. The van der Waals surface area contributed by atoms with Gasteiger partial charge in [-0.3, -0.25) is 9.78 Å². The maximum absolute atomic E-state index is 13.2. The van der Waals surface area contributed by atoms with E-state index in [1.54, 1.807) is 24.5 Å². The highest BCUT2D eigenvalue weighted by Crippen LogP contribution is 2.28. The summed E-state index contributed by atoms with van der Waals surface area (Å²) in [5, 5.41) is 12.5. The molecule has 1 fully saturated rings. The highest BCUT2D eigenvalue weighted by Gasteiger charge is 2.27. The largest absolute Gasteiger partial charge is 0.478 e. The Labute approximate surface area is 260 Å². The van der Waals surface area contributed by atoms with E-state index >= 15 is 0 Å². The minimum absolute atomic E-state index is 0.0161. The van der Waals surface area contributed by atoms with E-state index in [1.807, 2.05) is 44.2 Å². The number of piperidine rings is 1. The summed E-state index contributed by atoms with van der Waals surface area (Å²) >= 11 is 0. The van der Waals surface area contributed by atoms with E-state index < -0.39 is 5.97 Å². The number of carboxylic acid groups (broad SMARTS) is 1. The maximum atomic E-state index is 13.2. The number of aryl methyl sites for hydroxylation is 2. The number of anilines is 1. The van der Waals surface area contributed by atoms with E-state index in [9.17, 15) is 14.7 Å². The zero-order valence-corrected chi connectivity index (χ0v) is 25.9. The molecule has 7 heteroatoms. The Hall–Kier alpha value is -4.49. The monoisotopic (exact) mass is 590 g/mol. The van der Waals surface area contributed by atoms with Gasteiger partial charge in [-0.25, -0.2) is 4.79 Å². The lowest BCUT2D eigenvalue weighted by Crippen LogP contribution is -2.48. The van der Waals surface area contributed by atoms with Gasteiger partial charge in [-0.2, -0.15) is 0 Å². The van der Waals surface area contributed by atoms with Crippen molar-refractivity contribution >= 4 is 17.6 Å². The fourth-order valence-corrected chi connectivity index (χ4v) is 6.34. The van der Waals surface area contributed by atoms with Gasteiger partial charge in [0.05, 0.1) is 5.56 Å². The number of nitrogens with one attached hydrogen (secondary N) is 1. The van der Waals surface area contributed by atoms with Gasteiger partial charge in [0.1, 0.15) is 0 Å². The number of aromatic nitrogens is 1. The molecule has 0 aliphatic carbocycles. The van der Waals surface area contributed by atoms with Crippen LogP contribution in [0.1, 0.15) is 63.6 Å². The molecule has 7 nitrogen and oxygen atoms in total. The van der Waals surface area contributed by atoms with Crippen LogP contribution in [0.25, 0.3) is 11.1 Å². The maximum Gasteiger partial charge on any atom is 0.335 e. The van der Waals surface area contributed by atoms with E-state index in [2.05, 4.69) is 63.4 Å². The number of carbonyl (C=O) groups excluding carboxylic acids is 1. The van der Waals surface area contributed by atoms with Crippen LogP contribution in [0.3, 0.4) is 0 Å². The first-order chi connectivity index (χ1) is 21.3. The molecule has 4 aromatic rings. The Kier molecular flexibility index (Phi) is 10.1. The molecule has 0 radical (unpaired) electrons. The van der Waals surface area contributed by atoms with Gasteiger partial charge >= 0.3 is 5.97 Å². The van der Waals surface area contributed by atoms with Crippen molar-refractivity contribution in [3.63, 3.8) is 0 Å². The Bertz CT molecular complexity index is 1530. The zero-order chi connectivity index (χ0) is 31.1. The second-order valence-corrected chi connectivity index (χ2v) is 11.8. The molecule has 1 aliphatic heterocycles. The summed E-state index contributed by atoms with van der Waals surface area (Å²) in [4.78, 5) is 33.6. The summed E-state index contributed by atoms with van der Waals surface area (Å²) in [7, 11) is 0. The number of nitrogens with zero attached hydrogens (tertiary/aromatic N) is 3. The van der Waals surface area contributed by atoms with E-state index in [4.69, 9.17) is 0 Å². The number of hydrogen-bond donors (Lipinski definition) is 2. The first kappa shape index (κ1) is 31.0. The van der Waals surface area contributed by atoms with E-state index in [0.29, 0.717) is 24.2 Å². The molecule has 0 bridgehead atoms. The summed E-state index contributed by atoms with van der Waals surface area (Å²) in [5.74, 6) is -0.925. The molecule has 2 heterocycles. The van der Waals surface area contributed by atoms with Crippen LogP contribution in [-0.4, -0.2) is 58.6 Å². The van der Waals surface area contributed by atoms with Gasteiger partial charge in [-0.1, -0.05) is 42.5 Å². The average Bonchev–Trinajstić information content (AvgIpc) is 3.04. The van der Waals surface area contributed by atoms with Gasteiger partial charge in [0, 0.05) is 61.9 Å². The van der Waals surface area contributed by atoms with Crippen molar-refractivity contribution in [2.24, 2.45) is 0 Å². The number of carboxylic acids is 1. The summed E-state index contributed by atoms with van der Waals surface area (Å²) in [6.07, 6.45) is 6.49. The Morgan fingerprint density at radius 1 is 0.932 bits per heavy atom. The number of carbonyl (C=O) groups is 2. The van der Waals surface area contributed by atoms with Gasteiger partial charge in [0.15, 0.2) is 0 Å². The minimum atomic E-state index is -0.908. The normalized spacial score (nSPS) is 14.6. The number of likely N-dealkylation sites (tertiary alicyclic amines) is 1. The van der Waals surface area contributed by atoms with Crippen LogP contribution in [-0.2, 0) is 6.54 Å². The van der Waals surface area contributed by atoms with Crippen molar-refractivity contribution in [2.75, 3.05) is 24.5 Å². The van der Waals surface area contributed by atoms with E-state index in [1.165, 1.54) is 5.56 Å². The predicted molar refractivity (Wildman–Crippen MR) is 176 cm³/mol. The van der Waals surface area contributed by atoms with Crippen LogP contribution in [0.5, 0.6) is 0 Å². The molecule has 0 spiro atoms. The number of hydrogen-bond acceptors (Lipinski definition) is 5. The van der Waals surface area contributed by atoms with Crippen LogP contribution in [0.4, 0.5) is 5.69 Å². The molecule has 1 aliphatic rings. The van der Waals surface area contributed by atoms with Crippen LogP contribution < -0.4 is 10.2 Å². The van der Waals surface area contributed by atoms with Crippen molar-refractivity contribution in [3.05, 3.63) is 119 Å². The summed E-state index contributed by atoms with van der Waals surface area (Å²) < 4.78 is 0. The summed E-state index contributed by atoms with van der Waals surface area (Å²) in [5.41, 5.74) is 7.48. The van der Waals surface area contributed by atoms with Gasteiger partial charge < -0.3 is 20.2 Å². The van der Waals surface area contributed by atoms with Gasteiger partial charge in [-0.05, 0) is 104 Å². The molecule has 1 atom stereocenters. The highest BCUT2D eigenvalue weighted by molar-refractivity contribution is 5.97. The molecule has 1 aromatic heterocycles. The number of pyridine rings is 1. The third-order valence-corrected chi connectivity index (χ3v) is 8.83. The fourth-order valence-electron chi connectivity index (χ4n) is 6.34. The molecular weight excluding hydrogens is 548 g/mol. The van der Waals surface area contributed by atoms with Gasteiger partial charge in [0.2, 0.25) is 0 Å². The second-order valence-electron chi connectivity index (χ2n) is 11.8. The van der Waals surface area contributed by atoms with Crippen LogP contribution in [0.15, 0.2) is 91.3 Å². The lowest BCUT2D eigenvalue weighted by molar-refractivity contribution is 0.0696. The van der Waals surface area contributed by atoms with Crippen LogP contribution in [0, 0.1) is 13.8 Å². The third-order valence-electron chi connectivity index (χ3n) is 8.83. The van der Waals surface area contributed by atoms with E-state index in [0.717, 1.165) is 72.4 Å². The lowest BCUT2D eigenvalue weighted by atomic mass is 9.95. The second kappa shape index (κ2) is 14.3. The molecule has 1 unspecified atom stereocenters. The number of rotatable bonds is 11. The molecule has 228 valence electrons. The molecule has 0 saturated carbocycles. The Morgan fingerprint density at radius 3 is 2.18 bits per heavy atom. The Morgan fingerprint density at radius 2 is 1.57 bits per heavy atom. The van der Waals surface area contributed by atoms with Crippen LogP contribution >= 0.6 is 0 Å². The molecular formula is C37H42N4O3. The van der Waals surface area contributed by atoms with Crippen molar-refractivity contribution < 1.29 is 14.7 Å². The first-order valence-electron chi connectivity index (χ1n) is 15.5. The van der Waals surface area contributed by atoms with Gasteiger partial charge in [-0.15, -0.1) is 0 Å². The zero-order valence-electron chi connectivity index (χ0n) is 25.9. The molecule has 5 rings (SSSR count). The van der Waals surface area contributed by atoms with Crippen molar-refractivity contribution in [1.29, 1.82) is 0 Å². The highest BCUT2D eigenvalue weighted by atomic mass is 16.4. The van der Waals surface area contributed by atoms with Crippen LogP contribution in [0.2, 0.25) is 0 Å². The topological polar surface area (TPSA) is 85.8 Å². The predicted octanol–water partition coefficient (Wildman–Crippen LogP) is 6.74. The first-order valence-corrected chi connectivity index (χ1v) is 15.5. The molecule has 1 amide bonds. The summed E-state index contributed by atoms with van der Waals surface area (Å²) in [6.45, 7) is 9.61. The van der Waals surface area contributed by atoms with Crippen molar-refractivity contribution in [3.8, 4) is 11.1 Å².